The molecule has 0 radical (unpaired) electrons. The average molecular weight is 534 g/mol. The van der Waals surface area contributed by atoms with E-state index in [2.05, 4.69) is 56.1 Å². The fraction of sp³-hybridized carbons (Fsp3) is 0.559. The lowest BCUT2D eigenvalue weighted by molar-refractivity contribution is -0.938. The number of nitrogens with one attached hydrogen (secondary N) is 1. The molecular formula is C34H49N2O3+. The van der Waals surface area contributed by atoms with Gasteiger partial charge in [0.05, 0.1) is 19.6 Å². The molecule has 0 spiro atoms. The predicted octanol–water partition coefficient (Wildman–Crippen LogP) is 5.90. The molecule has 1 aliphatic carbocycles. The summed E-state index contributed by atoms with van der Waals surface area (Å²) in [4.78, 5) is 13.0. The third-order valence-electron chi connectivity index (χ3n) is 9.25. The standard InChI is InChI=1S/C34H48N2O3/c1-4-21-36(25-27(2)3)22-20-33(29-15-11-16-31(37)23-29)24-30(18-19-34(33,39)26-36)35-32(38)17-10-6-9-14-28-12-7-5-8-13-28/h4-5,7-8,11-13,15-16,23,27,30,39H,1,6,9-10,14,17-22,24-26H2,2-3H3,(H-,35,37,38)/p+1/t30-,33-,34?,36+/m1/s1. The van der Waals surface area contributed by atoms with Crippen LogP contribution >= 0.6 is 0 Å². The van der Waals surface area contributed by atoms with Crippen LogP contribution in [0, 0.1) is 5.92 Å². The normalized spacial score (nSPS) is 28.6. The Kier molecular flexibility index (Phi) is 9.56. The Morgan fingerprint density at radius 2 is 1.92 bits per heavy atom. The van der Waals surface area contributed by atoms with Gasteiger partial charge in [0, 0.05) is 30.2 Å². The number of aromatic hydroxyl groups is 1. The highest BCUT2D eigenvalue weighted by molar-refractivity contribution is 5.76. The van der Waals surface area contributed by atoms with Gasteiger partial charge in [-0.2, -0.15) is 0 Å². The zero-order valence-corrected chi connectivity index (χ0v) is 24.1. The molecule has 212 valence electrons. The number of fused-ring (bicyclic) bond motifs is 1. The Morgan fingerprint density at radius 1 is 1.13 bits per heavy atom. The van der Waals surface area contributed by atoms with Gasteiger partial charge in [0.25, 0.3) is 0 Å². The highest BCUT2D eigenvalue weighted by atomic mass is 16.3. The van der Waals surface area contributed by atoms with Crippen LogP contribution in [-0.4, -0.2) is 58.4 Å². The summed E-state index contributed by atoms with van der Waals surface area (Å²) in [6, 6.07) is 18.0. The summed E-state index contributed by atoms with van der Waals surface area (Å²) in [5.41, 5.74) is 0.934. The molecule has 2 aromatic carbocycles. The molecule has 1 heterocycles. The monoisotopic (exact) mass is 533 g/mol. The van der Waals surface area contributed by atoms with E-state index in [1.807, 2.05) is 24.3 Å². The number of amides is 1. The maximum Gasteiger partial charge on any atom is 0.220 e. The number of hydrogen-bond acceptors (Lipinski definition) is 3. The first-order chi connectivity index (χ1) is 18.7. The van der Waals surface area contributed by atoms with Gasteiger partial charge in [-0.05, 0) is 67.9 Å². The smallest absolute Gasteiger partial charge is 0.220 e. The fourth-order valence-corrected chi connectivity index (χ4v) is 7.62. The quantitative estimate of drug-likeness (QED) is 0.181. The van der Waals surface area contributed by atoms with Gasteiger partial charge in [-0.15, -0.1) is 0 Å². The van der Waals surface area contributed by atoms with Crippen molar-refractivity contribution in [3.8, 4) is 5.75 Å². The van der Waals surface area contributed by atoms with Crippen molar-refractivity contribution in [3.63, 3.8) is 0 Å². The number of unbranched alkanes of at least 4 members (excludes halogenated alkanes) is 2. The topological polar surface area (TPSA) is 69.6 Å². The zero-order chi connectivity index (χ0) is 27.9. The van der Waals surface area contributed by atoms with Gasteiger partial charge >= 0.3 is 0 Å². The van der Waals surface area contributed by atoms with Crippen molar-refractivity contribution in [2.45, 2.75) is 88.7 Å². The van der Waals surface area contributed by atoms with E-state index in [0.29, 0.717) is 31.7 Å². The molecular weight excluding hydrogens is 484 g/mol. The van der Waals surface area contributed by atoms with Crippen molar-refractivity contribution in [2.75, 3.05) is 26.2 Å². The number of piperidine rings is 1. The summed E-state index contributed by atoms with van der Waals surface area (Å²) in [5.74, 6) is 0.860. The van der Waals surface area contributed by atoms with Crippen LogP contribution in [-0.2, 0) is 16.6 Å². The number of hydrogen-bond donors (Lipinski definition) is 3. The van der Waals surface area contributed by atoms with Gasteiger partial charge in [0.1, 0.15) is 17.9 Å². The summed E-state index contributed by atoms with van der Waals surface area (Å²) >= 11 is 0. The fourth-order valence-electron chi connectivity index (χ4n) is 7.62. The first kappa shape index (κ1) is 29.4. The molecule has 5 nitrogen and oxygen atoms in total. The van der Waals surface area contributed by atoms with E-state index in [1.165, 1.54) is 5.56 Å². The first-order valence-electron chi connectivity index (χ1n) is 15.0. The van der Waals surface area contributed by atoms with E-state index in [-0.39, 0.29) is 17.7 Å². The Labute approximate surface area is 235 Å². The van der Waals surface area contributed by atoms with Crippen molar-refractivity contribution >= 4 is 5.91 Å². The molecule has 1 unspecified atom stereocenters. The summed E-state index contributed by atoms with van der Waals surface area (Å²) in [6.07, 6.45) is 9.55. The van der Waals surface area contributed by atoms with Crippen molar-refractivity contribution in [2.24, 2.45) is 5.92 Å². The Morgan fingerprint density at radius 3 is 2.64 bits per heavy atom. The maximum absolute atomic E-state index is 13.0. The number of phenolic OH excluding ortho intramolecular Hbond substituents is 1. The number of nitrogens with zero attached hydrogens (tertiary/aromatic N) is 1. The second-order valence-corrected chi connectivity index (χ2v) is 12.7. The zero-order valence-electron chi connectivity index (χ0n) is 24.1. The van der Waals surface area contributed by atoms with Crippen LogP contribution < -0.4 is 5.32 Å². The van der Waals surface area contributed by atoms with Gasteiger partial charge in [-0.3, -0.25) is 4.79 Å². The number of aryl methyl sites for hydroxylation is 1. The second kappa shape index (κ2) is 12.7. The first-order valence-corrected chi connectivity index (χ1v) is 15.0. The Balaban J connectivity index is 1.43. The summed E-state index contributed by atoms with van der Waals surface area (Å²) in [7, 11) is 0. The van der Waals surface area contributed by atoms with Crippen LogP contribution in [0.5, 0.6) is 5.75 Å². The molecule has 39 heavy (non-hydrogen) atoms. The number of carbonyl (C=O) groups excluding carboxylic acids is 1. The lowest BCUT2D eigenvalue weighted by Crippen LogP contribution is -2.72. The number of carbonyl (C=O) groups is 1. The SMILES string of the molecule is C=CC[N@@+]1(CC(C)C)CC[C@]2(c3cccc(O)c3)C[C@H](NC(=O)CCCCCc3ccccc3)CCC2(O)C1. The number of likely N-dealkylation sites (tertiary alicyclic amines) is 1. The molecule has 1 amide bonds. The van der Waals surface area contributed by atoms with Gasteiger partial charge in [0.15, 0.2) is 0 Å². The molecule has 2 aliphatic rings. The molecule has 2 fully saturated rings. The van der Waals surface area contributed by atoms with Gasteiger partial charge < -0.3 is 20.0 Å². The van der Waals surface area contributed by atoms with Gasteiger partial charge in [-0.1, -0.05) is 69.3 Å². The van der Waals surface area contributed by atoms with Crippen molar-refractivity contribution in [1.29, 1.82) is 0 Å². The average Bonchev–Trinajstić information content (AvgIpc) is 2.89. The summed E-state index contributed by atoms with van der Waals surface area (Å²) in [6.45, 7) is 12.0. The minimum Gasteiger partial charge on any atom is -0.508 e. The lowest BCUT2D eigenvalue weighted by Gasteiger charge is -2.60. The number of phenols is 1. The minimum atomic E-state index is -0.907. The molecule has 4 rings (SSSR count). The highest BCUT2D eigenvalue weighted by Crippen LogP contribution is 2.53. The van der Waals surface area contributed by atoms with E-state index in [4.69, 9.17) is 0 Å². The van der Waals surface area contributed by atoms with Crippen LogP contribution in [0.4, 0.5) is 0 Å². The Bertz CT molecular complexity index is 1100. The van der Waals surface area contributed by atoms with E-state index in [9.17, 15) is 15.0 Å². The van der Waals surface area contributed by atoms with E-state index in [1.54, 1.807) is 6.07 Å². The molecule has 1 saturated heterocycles. The predicted molar refractivity (Wildman–Crippen MR) is 159 cm³/mol. The van der Waals surface area contributed by atoms with E-state index < -0.39 is 11.0 Å². The molecule has 5 heteroatoms. The Hall–Kier alpha value is -2.63. The third kappa shape index (κ3) is 6.93. The second-order valence-electron chi connectivity index (χ2n) is 12.7. The van der Waals surface area contributed by atoms with Crippen LogP contribution in [0.2, 0.25) is 0 Å². The number of aliphatic hydroxyl groups is 1. The number of quaternary nitrogens is 1. The summed E-state index contributed by atoms with van der Waals surface area (Å²) < 4.78 is 0.845. The number of benzene rings is 2. The molecule has 0 bridgehead atoms. The molecule has 3 N–H and O–H groups in total. The van der Waals surface area contributed by atoms with Crippen LogP contribution in [0.1, 0.15) is 76.3 Å². The largest absolute Gasteiger partial charge is 0.508 e. The molecule has 2 aromatic rings. The van der Waals surface area contributed by atoms with Crippen molar-refractivity contribution < 1.29 is 19.5 Å². The molecule has 0 aromatic heterocycles. The van der Waals surface area contributed by atoms with Crippen molar-refractivity contribution in [1.82, 2.24) is 5.32 Å². The third-order valence-corrected chi connectivity index (χ3v) is 9.25. The molecule has 1 aliphatic heterocycles. The number of rotatable bonds is 12. The maximum atomic E-state index is 13.0. The lowest BCUT2D eigenvalue weighted by atomic mass is 9.54. The van der Waals surface area contributed by atoms with Crippen LogP contribution in [0.3, 0.4) is 0 Å². The van der Waals surface area contributed by atoms with Crippen molar-refractivity contribution in [3.05, 3.63) is 78.4 Å². The van der Waals surface area contributed by atoms with E-state index >= 15 is 0 Å². The van der Waals surface area contributed by atoms with Crippen LogP contribution in [0.25, 0.3) is 0 Å². The molecule has 4 atom stereocenters. The molecule has 1 saturated carbocycles. The minimum absolute atomic E-state index is 0.0222. The summed E-state index contributed by atoms with van der Waals surface area (Å²) in [5, 5.41) is 26.2. The highest BCUT2D eigenvalue weighted by Gasteiger charge is 2.62. The van der Waals surface area contributed by atoms with Crippen LogP contribution in [0.15, 0.2) is 67.3 Å². The van der Waals surface area contributed by atoms with Gasteiger partial charge in [-0.25, -0.2) is 0 Å². The van der Waals surface area contributed by atoms with E-state index in [0.717, 1.165) is 68.2 Å². The van der Waals surface area contributed by atoms with Gasteiger partial charge in [0.2, 0.25) is 5.91 Å².